The van der Waals surface area contributed by atoms with Gasteiger partial charge in [-0.05, 0) is 19.3 Å². The Morgan fingerprint density at radius 3 is 3.00 bits per heavy atom. The number of aliphatic carboxylic acids is 1. The normalized spacial score (nSPS) is 14.0. The number of carboxylic acids is 1. The summed E-state index contributed by atoms with van der Waals surface area (Å²) in [6.07, 6.45) is 3.34. The summed E-state index contributed by atoms with van der Waals surface area (Å²) in [4.78, 5) is 21.2. The fraction of sp³-hybridized carbons (Fsp3) is 0.444. The Hall–Kier alpha value is -1.65. The van der Waals surface area contributed by atoms with Gasteiger partial charge in [0.15, 0.2) is 6.29 Å². The van der Waals surface area contributed by atoms with Crippen molar-refractivity contribution in [1.29, 1.82) is 0 Å². The molecule has 0 aromatic carbocycles. The Morgan fingerprint density at radius 1 is 1.57 bits per heavy atom. The fourth-order valence-electron chi connectivity index (χ4n) is 1.89. The summed E-state index contributed by atoms with van der Waals surface area (Å²) in [6.45, 7) is -0.157. The molecule has 0 saturated carbocycles. The van der Waals surface area contributed by atoms with Crippen LogP contribution in [0.5, 0.6) is 0 Å². The molecule has 0 radical (unpaired) electrons. The van der Waals surface area contributed by atoms with Crippen LogP contribution in [-0.4, -0.2) is 27.1 Å². The molecule has 0 bridgehead atoms. The molecule has 0 spiro atoms. The van der Waals surface area contributed by atoms with E-state index in [2.05, 4.69) is 5.10 Å². The number of nitrogens with zero attached hydrogens (tertiary/aromatic N) is 2. The summed E-state index contributed by atoms with van der Waals surface area (Å²) in [5.74, 6) is -0.931. The van der Waals surface area contributed by atoms with Crippen LogP contribution in [0.4, 0.5) is 0 Å². The van der Waals surface area contributed by atoms with Gasteiger partial charge in [0, 0.05) is 11.3 Å². The lowest BCUT2D eigenvalue weighted by molar-refractivity contribution is -0.137. The molecule has 5 nitrogen and oxygen atoms in total. The first-order valence-electron chi connectivity index (χ1n) is 4.48. The van der Waals surface area contributed by atoms with E-state index in [1.807, 2.05) is 0 Å². The van der Waals surface area contributed by atoms with Crippen LogP contribution in [-0.2, 0) is 24.2 Å². The third-order valence-electron chi connectivity index (χ3n) is 2.43. The first-order chi connectivity index (χ1) is 6.72. The average Bonchev–Trinajstić information content (AvgIpc) is 2.67. The molecule has 0 fully saturated rings. The Bertz CT molecular complexity index is 395. The highest BCUT2D eigenvalue weighted by Gasteiger charge is 2.22. The van der Waals surface area contributed by atoms with Gasteiger partial charge in [0.25, 0.3) is 0 Å². The van der Waals surface area contributed by atoms with Crippen LogP contribution in [0.2, 0.25) is 0 Å². The quantitative estimate of drug-likeness (QED) is 0.701. The summed E-state index contributed by atoms with van der Waals surface area (Å²) in [5, 5.41) is 12.6. The number of aldehydes is 1. The lowest BCUT2D eigenvalue weighted by Gasteiger charge is -1.99. The minimum Gasteiger partial charge on any atom is -0.480 e. The number of carbonyl (C=O) groups is 2. The molecule has 5 heteroatoms. The minimum atomic E-state index is -0.931. The van der Waals surface area contributed by atoms with Crippen LogP contribution in [0.1, 0.15) is 28.2 Å². The minimum absolute atomic E-state index is 0.157. The molecule has 74 valence electrons. The van der Waals surface area contributed by atoms with Crippen molar-refractivity contribution in [2.75, 3.05) is 0 Å². The van der Waals surface area contributed by atoms with Gasteiger partial charge < -0.3 is 5.11 Å². The summed E-state index contributed by atoms with van der Waals surface area (Å²) >= 11 is 0. The van der Waals surface area contributed by atoms with Crippen LogP contribution in [0, 0.1) is 0 Å². The summed E-state index contributed by atoms with van der Waals surface area (Å²) in [5.41, 5.74) is 2.24. The van der Waals surface area contributed by atoms with E-state index in [0.717, 1.165) is 30.5 Å². The van der Waals surface area contributed by atoms with E-state index >= 15 is 0 Å². The zero-order chi connectivity index (χ0) is 10.1. The maximum Gasteiger partial charge on any atom is 0.325 e. The van der Waals surface area contributed by atoms with Crippen molar-refractivity contribution in [3.63, 3.8) is 0 Å². The molecule has 1 heterocycles. The van der Waals surface area contributed by atoms with E-state index in [4.69, 9.17) is 5.11 Å². The first-order valence-corrected chi connectivity index (χ1v) is 4.48. The van der Waals surface area contributed by atoms with Crippen molar-refractivity contribution >= 4 is 12.3 Å². The number of carboxylic acid groups (broad SMARTS) is 1. The standard InChI is InChI=1S/C9H10N2O3/c12-5-7-6-2-1-3-8(6)11(10-7)4-9(13)14/h5H,1-4H2,(H,13,14). The average molecular weight is 194 g/mol. The van der Waals surface area contributed by atoms with Gasteiger partial charge in [-0.25, -0.2) is 0 Å². The molecular formula is C9H10N2O3. The molecule has 0 saturated heterocycles. The molecule has 1 aromatic heterocycles. The fourth-order valence-corrected chi connectivity index (χ4v) is 1.89. The number of fused-ring (bicyclic) bond motifs is 1. The second-order valence-corrected chi connectivity index (χ2v) is 3.33. The molecule has 0 amide bonds. The number of aromatic nitrogens is 2. The molecule has 1 N–H and O–H groups in total. The lowest BCUT2D eigenvalue weighted by atomic mass is 10.2. The third-order valence-corrected chi connectivity index (χ3v) is 2.43. The zero-order valence-corrected chi connectivity index (χ0v) is 7.56. The van der Waals surface area contributed by atoms with Gasteiger partial charge >= 0.3 is 5.97 Å². The Morgan fingerprint density at radius 2 is 2.36 bits per heavy atom. The molecule has 0 aliphatic heterocycles. The predicted molar refractivity (Wildman–Crippen MR) is 47.3 cm³/mol. The molecule has 0 unspecified atom stereocenters. The summed E-state index contributed by atoms with van der Waals surface area (Å²) < 4.78 is 1.42. The van der Waals surface area contributed by atoms with Crippen molar-refractivity contribution in [2.45, 2.75) is 25.8 Å². The highest BCUT2D eigenvalue weighted by molar-refractivity contribution is 5.75. The Kier molecular flexibility index (Phi) is 2.07. The first kappa shape index (κ1) is 8.93. The van der Waals surface area contributed by atoms with Gasteiger partial charge in [-0.3, -0.25) is 14.3 Å². The highest BCUT2D eigenvalue weighted by atomic mass is 16.4. The largest absolute Gasteiger partial charge is 0.480 e. The van der Waals surface area contributed by atoms with E-state index in [1.165, 1.54) is 4.68 Å². The van der Waals surface area contributed by atoms with E-state index in [9.17, 15) is 9.59 Å². The van der Waals surface area contributed by atoms with Crippen LogP contribution < -0.4 is 0 Å². The van der Waals surface area contributed by atoms with E-state index in [-0.39, 0.29) is 6.54 Å². The van der Waals surface area contributed by atoms with Gasteiger partial charge in [0.05, 0.1) is 0 Å². The molecule has 0 atom stereocenters. The lowest BCUT2D eigenvalue weighted by Crippen LogP contribution is -2.12. The molecule has 2 rings (SSSR count). The molecule has 1 aliphatic rings. The molecule has 14 heavy (non-hydrogen) atoms. The number of hydrogen-bond donors (Lipinski definition) is 1. The smallest absolute Gasteiger partial charge is 0.325 e. The van der Waals surface area contributed by atoms with Crippen LogP contribution in [0.25, 0.3) is 0 Å². The van der Waals surface area contributed by atoms with Gasteiger partial charge in [-0.2, -0.15) is 5.10 Å². The summed E-state index contributed by atoms with van der Waals surface area (Å²) in [6, 6.07) is 0. The second kappa shape index (κ2) is 3.25. The number of hydrogen-bond acceptors (Lipinski definition) is 3. The maximum atomic E-state index is 10.6. The van der Waals surface area contributed by atoms with Crippen molar-refractivity contribution in [3.05, 3.63) is 17.0 Å². The highest BCUT2D eigenvalue weighted by Crippen LogP contribution is 2.24. The predicted octanol–water partition coefficient (Wildman–Crippen LogP) is 0.269. The summed E-state index contributed by atoms with van der Waals surface area (Å²) in [7, 11) is 0. The van der Waals surface area contributed by atoms with Gasteiger partial charge in [-0.1, -0.05) is 0 Å². The molecular weight excluding hydrogens is 184 g/mol. The van der Waals surface area contributed by atoms with E-state index in [0.29, 0.717) is 12.0 Å². The topological polar surface area (TPSA) is 72.2 Å². The third kappa shape index (κ3) is 1.30. The second-order valence-electron chi connectivity index (χ2n) is 3.33. The maximum absolute atomic E-state index is 10.6. The number of rotatable bonds is 3. The number of carbonyl (C=O) groups excluding carboxylic acids is 1. The van der Waals surface area contributed by atoms with Crippen molar-refractivity contribution < 1.29 is 14.7 Å². The van der Waals surface area contributed by atoms with E-state index < -0.39 is 5.97 Å². The molecule has 1 aliphatic carbocycles. The van der Waals surface area contributed by atoms with Crippen LogP contribution in [0.15, 0.2) is 0 Å². The van der Waals surface area contributed by atoms with Gasteiger partial charge in [0.1, 0.15) is 12.2 Å². The SMILES string of the molecule is O=Cc1nn(CC(=O)O)c2c1CCC2. The Labute approximate surface area is 80.3 Å². The van der Waals surface area contributed by atoms with Crippen molar-refractivity contribution in [2.24, 2.45) is 0 Å². The van der Waals surface area contributed by atoms with Crippen molar-refractivity contribution in [3.8, 4) is 0 Å². The van der Waals surface area contributed by atoms with Gasteiger partial charge in [-0.15, -0.1) is 0 Å². The van der Waals surface area contributed by atoms with Crippen LogP contribution in [0.3, 0.4) is 0 Å². The Balaban J connectivity index is 2.41. The monoisotopic (exact) mass is 194 g/mol. The zero-order valence-electron chi connectivity index (χ0n) is 7.56. The molecule has 1 aromatic rings. The van der Waals surface area contributed by atoms with Crippen molar-refractivity contribution in [1.82, 2.24) is 9.78 Å². The van der Waals surface area contributed by atoms with Gasteiger partial charge in [0.2, 0.25) is 0 Å². The van der Waals surface area contributed by atoms with E-state index in [1.54, 1.807) is 0 Å². The van der Waals surface area contributed by atoms with Crippen LogP contribution >= 0.6 is 0 Å².